The van der Waals surface area contributed by atoms with Crippen molar-refractivity contribution < 1.29 is 82.7 Å². The van der Waals surface area contributed by atoms with Crippen LogP contribution in [0.4, 0.5) is 10.5 Å². The summed E-state index contributed by atoms with van der Waals surface area (Å²) in [7, 11) is 8.16. The first kappa shape index (κ1) is 82.7. The van der Waals surface area contributed by atoms with E-state index in [-0.39, 0.29) is 98.2 Å². The van der Waals surface area contributed by atoms with Crippen molar-refractivity contribution in [1.82, 2.24) is 41.7 Å². The van der Waals surface area contributed by atoms with Crippen LogP contribution in [0.2, 0.25) is 0 Å². The highest BCUT2D eigenvalue weighted by Gasteiger charge is 2.52. The molecule has 0 saturated carbocycles. The Bertz CT molecular complexity index is 2740. The lowest BCUT2D eigenvalue weighted by Gasteiger charge is -2.48. The Morgan fingerprint density at radius 1 is 0.878 bits per heavy atom. The fourth-order valence-electron chi connectivity index (χ4n) is 14.1. The SMILES string of the molecule is CC[C@H]1OC(=O)[C@H](C)[C@@H](O[C@H]2C[C@@H](OC)[C@@H](O)[C@H](C)O2)[C@H](C)[C@@H](O[C@@H]2O[C@H](C)C[C@H](N(C)C)[C@H]2O)[C@](C)(O)C[C@@H](C)CN(CCCNC(=O)CCSSCCNC(=O)C(CCCCNC(=O)CCCCC2SCC3NC(=O)NC32)NC(=O)c2ccc(N=[N+]=[N-])cc2)[C@H](C)[C@@H](O)[C@]1(C)O. The Balaban J connectivity index is 1.01. The van der Waals surface area contributed by atoms with Gasteiger partial charge in [-0.05, 0) is 137 Å². The van der Waals surface area contributed by atoms with Crippen molar-refractivity contribution >= 4 is 74.7 Å². The molecule has 98 heavy (non-hydrogen) atoms. The number of likely N-dealkylation sites (N-methyl/N-ethyl adjacent to an activating group) is 1. The number of azide groups is 1. The first-order valence-electron chi connectivity index (χ1n) is 34.9. The van der Waals surface area contributed by atoms with Gasteiger partial charge in [-0.1, -0.05) is 66.0 Å². The molecule has 0 aromatic heterocycles. The minimum absolute atomic E-state index is 0.0524. The van der Waals surface area contributed by atoms with Gasteiger partial charge in [-0.15, -0.1) is 0 Å². The van der Waals surface area contributed by atoms with Crippen LogP contribution in [0.1, 0.15) is 156 Å². The van der Waals surface area contributed by atoms with Crippen LogP contribution in [0.15, 0.2) is 29.4 Å². The molecule has 28 nitrogen and oxygen atoms in total. The number of nitrogens with one attached hydrogen (secondary N) is 6. The summed E-state index contributed by atoms with van der Waals surface area (Å²) in [5.41, 5.74) is 5.75. The monoisotopic (exact) mass is 1440 g/mol. The van der Waals surface area contributed by atoms with Crippen molar-refractivity contribution in [3.05, 3.63) is 40.3 Å². The molecule has 31 heteroatoms. The Morgan fingerprint density at radius 2 is 1.57 bits per heavy atom. The predicted octanol–water partition coefficient (Wildman–Crippen LogP) is 5.03. The van der Waals surface area contributed by atoms with Gasteiger partial charge in [-0.2, -0.15) is 11.8 Å². The molecule has 6 rings (SSSR count). The van der Waals surface area contributed by atoms with Gasteiger partial charge in [0.2, 0.25) is 17.7 Å². The number of carbonyl (C=O) groups is 6. The van der Waals surface area contributed by atoms with E-state index in [1.165, 1.54) is 59.9 Å². The molecule has 0 aliphatic carbocycles. The Kier molecular flexibility index (Phi) is 33.7. The Morgan fingerprint density at radius 3 is 2.26 bits per heavy atom. The van der Waals surface area contributed by atoms with Gasteiger partial charge in [-0.25, -0.2) is 4.79 Å². The summed E-state index contributed by atoms with van der Waals surface area (Å²) in [4.78, 5) is 85.9. The number of benzene rings is 1. The summed E-state index contributed by atoms with van der Waals surface area (Å²) in [6.07, 6.45) is -5.04. The molecule has 0 spiro atoms. The highest BCUT2D eigenvalue weighted by molar-refractivity contribution is 8.76. The fourth-order valence-corrected chi connectivity index (χ4v) is 17.6. The number of aliphatic hydroxyl groups excluding tert-OH is 3. The van der Waals surface area contributed by atoms with E-state index in [9.17, 15) is 54.3 Å². The molecule has 0 bridgehead atoms. The minimum atomic E-state index is -1.97. The molecule has 1 aromatic carbocycles. The molecule has 1 aromatic rings. The van der Waals surface area contributed by atoms with Gasteiger partial charge < -0.3 is 90.8 Å². The molecule has 6 amide bonds. The summed E-state index contributed by atoms with van der Waals surface area (Å²) < 4.78 is 37.9. The van der Waals surface area contributed by atoms with Crippen molar-refractivity contribution in [2.75, 3.05) is 71.2 Å². The number of methoxy groups -OCH3 is 1. The molecule has 5 fully saturated rings. The smallest absolute Gasteiger partial charge is 0.315 e. The van der Waals surface area contributed by atoms with E-state index in [1.54, 1.807) is 41.5 Å². The molecule has 5 aliphatic heterocycles. The summed E-state index contributed by atoms with van der Waals surface area (Å²) in [6, 6.07) is 4.25. The number of hydrogen-bond acceptors (Lipinski definition) is 23. The van der Waals surface area contributed by atoms with Crippen molar-refractivity contribution in [2.45, 2.75) is 260 Å². The van der Waals surface area contributed by atoms with E-state index in [2.05, 4.69) is 41.9 Å². The first-order chi connectivity index (χ1) is 46.5. The van der Waals surface area contributed by atoms with E-state index in [0.29, 0.717) is 80.6 Å². The quantitative estimate of drug-likeness (QED) is 0.00857. The van der Waals surface area contributed by atoms with Crippen LogP contribution < -0.4 is 31.9 Å². The third-order valence-electron chi connectivity index (χ3n) is 19.7. The lowest BCUT2D eigenvalue weighted by Crippen LogP contribution is -2.60. The van der Waals surface area contributed by atoms with E-state index in [4.69, 9.17) is 34.0 Å². The number of ether oxygens (including phenoxy) is 6. The minimum Gasteiger partial charge on any atom is -0.459 e. The van der Waals surface area contributed by atoms with Crippen LogP contribution in [0.25, 0.3) is 10.4 Å². The highest BCUT2D eigenvalue weighted by atomic mass is 33.1. The second kappa shape index (κ2) is 40.0. The number of nitrogens with zero attached hydrogens (tertiary/aromatic N) is 5. The maximum Gasteiger partial charge on any atom is 0.315 e. The summed E-state index contributed by atoms with van der Waals surface area (Å²) >= 11 is 1.85. The summed E-state index contributed by atoms with van der Waals surface area (Å²) in [6.45, 7) is 17.2. The van der Waals surface area contributed by atoms with Gasteiger partial charge in [-0.3, -0.25) is 28.9 Å². The average Bonchev–Trinajstić information content (AvgIpc) is 1.09. The van der Waals surface area contributed by atoms with E-state index in [0.717, 1.165) is 25.0 Å². The Hall–Kier alpha value is -4.28. The molecular weight excluding hydrogens is 1330 g/mol. The number of amides is 6. The third kappa shape index (κ3) is 24.2. The molecule has 5 saturated heterocycles. The fraction of sp³-hybridized carbons (Fsp3) is 0.821. The highest BCUT2D eigenvalue weighted by Crippen LogP contribution is 2.40. The standard InChI is InChI=1S/C67H113N11O17S3/c1-13-51-67(9,89)59(83)42(6)78(36-38(2)35-66(8,88)60(95-64-57(82)48(77(10)11)33-39(3)91-64)40(4)58(41(5)63(86)93-51)94-54-34-49(90-12)56(81)43(7)92-54)30-18-28-70-53(80)26-31-97-98-32-29-71-62(85)46(72-61(84)44-22-24-45(25-23-44)75-76-68)19-16-17-27-69-52(79)21-15-14-20-50-55-47(37-96-50)73-65(87)74-55/h22-25,38-43,46-51,54-60,64,81-83,88-89H,13-21,26-37H2,1-12H3,(H,69,79)(H,70,80)(H,71,85)(H,72,84)(H2,73,74,87)/t38-,39-,40+,41-,42-,43+,46?,47?,48+,49-,50?,51-,54+,55?,56+,57-,58+,59-,60-,64+,66-,67-/m1/s1. The zero-order valence-corrected chi connectivity index (χ0v) is 61.8. The van der Waals surface area contributed by atoms with Crippen molar-refractivity contribution in [3.63, 3.8) is 0 Å². The molecule has 5 heterocycles. The number of cyclic esters (lactones) is 1. The number of rotatable bonds is 32. The number of fused-ring (bicyclic) bond motifs is 1. The predicted molar refractivity (Wildman–Crippen MR) is 376 cm³/mol. The van der Waals surface area contributed by atoms with Crippen molar-refractivity contribution in [2.24, 2.45) is 22.9 Å². The molecule has 0 radical (unpaired) electrons. The first-order valence-corrected chi connectivity index (χ1v) is 38.5. The number of esters is 1. The number of hydrogen-bond donors (Lipinski definition) is 11. The largest absolute Gasteiger partial charge is 0.459 e. The lowest BCUT2D eigenvalue weighted by molar-refractivity contribution is -0.311. The summed E-state index contributed by atoms with van der Waals surface area (Å²) in [5, 5.41) is 81.8. The molecule has 4 unspecified atom stereocenters. The van der Waals surface area contributed by atoms with Crippen LogP contribution >= 0.6 is 33.3 Å². The lowest BCUT2D eigenvalue weighted by atomic mass is 9.77. The van der Waals surface area contributed by atoms with Gasteiger partial charge in [0.05, 0.1) is 54.1 Å². The molecular formula is C67H113N11O17S3. The number of thioether (sulfide) groups is 1. The maximum absolute atomic E-state index is 14.6. The van der Waals surface area contributed by atoms with Crippen LogP contribution in [0.5, 0.6) is 0 Å². The zero-order valence-electron chi connectivity index (χ0n) is 59.3. The summed E-state index contributed by atoms with van der Waals surface area (Å²) in [5.74, 6) is -2.22. The number of urea groups is 1. The second-order valence-corrected chi connectivity index (χ2v) is 31.9. The topological polar surface area (TPSA) is 386 Å². The van der Waals surface area contributed by atoms with Gasteiger partial charge in [0.15, 0.2) is 12.6 Å². The third-order valence-corrected chi connectivity index (χ3v) is 23.6. The molecule has 22 atom stereocenters. The van der Waals surface area contributed by atoms with Crippen LogP contribution in [0.3, 0.4) is 0 Å². The van der Waals surface area contributed by atoms with Gasteiger partial charge in [0, 0.05) is 116 Å². The zero-order chi connectivity index (χ0) is 72.0. The van der Waals surface area contributed by atoms with Crippen LogP contribution in [0, 0.1) is 17.8 Å². The number of carbonyl (C=O) groups excluding carboxylic acids is 6. The second-order valence-electron chi connectivity index (χ2n) is 27.9. The van der Waals surface area contributed by atoms with Crippen molar-refractivity contribution in [3.8, 4) is 0 Å². The van der Waals surface area contributed by atoms with Crippen LogP contribution in [-0.4, -0.2) is 256 Å². The van der Waals surface area contributed by atoms with E-state index in [1.807, 2.05) is 49.5 Å². The molecule has 11 N–H and O–H groups in total. The van der Waals surface area contributed by atoms with Gasteiger partial charge in [0.1, 0.15) is 36.1 Å². The number of unbranched alkanes of at least 4 members (excludes halogenated alkanes) is 2. The van der Waals surface area contributed by atoms with Gasteiger partial charge >= 0.3 is 12.0 Å². The number of aliphatic hydroxyl groups is 5. The average molecular weight is 1440 g/mol. The van der Waals surface area contributed by atoms with Crippen LogP contribution in [-0.2, 0) is 47.6 Å². The molecule has 556 valence electrons. The van der Waals surface area contributed by atoms with Crippen molar-refractivity contribution in [1.29, 1.82) is 0 Å². The van der Waals surface area contributed by atoms with Gasteiger partial charge in [0.25, 0.3) is 5.91 Å². The van der Waals surface area contributed by atoms with E-state index < -0.39 is 108 Å². The molecule has 5 aliphatic rings. The maximum atomic E-state index is 14.6. The van der Waals surface area contributed by atoms with E-state index >= 15 is 0 Å². The normalized spacial score (nSPS) is 34.5. The Labute approximate surface area is 590 Å².